The number of nitrogens with zero attached hydrogens (tertiary/aromatic N) is 1. The summed E-state index contributed by atoms with van der Waals surface area (Å²) in [5, 5.41) is 8.93. The zero-order valence-corrected chi connectivity index (χ0v) is 15.8. The normalized spacial score (nSPS) is 13.6. The highest BCUT2D eigenvalue weighted by molar-refractivity contribution is 5.97. The molecule has 1 aromatic carbocycles. The molecule has 0 bridgehead atoms. The van der Waals surface area contributed by atoms with E-state index in [1.165, 1.54) is 0 Å². The van der Waals surface area contributed by atoms with Crippen LogP contribution < -0.4 is 5.73 Å². The Morgan fingerprint density at radius 3 is 2.23 bits per heavy atom. The molecule has 7 nitrogen and oxygen atoms in total. The van der Waals surface area contributed by atoms with Crippen LogP contribution in [0.25, 0.3) is 0 Å². The van der Waals surface area contributed by atoms with Crippen molar-refractivity contribution < 1.29 is 24.2 Å². The first-order chi connectivity index (χ1) is 12.1. The molecule has 2 amide bonds. The molecule has 1 rings (SSSR count). The number of carboxylic acids is 1. The van der Waals surface area contributed by atoms with Gasteiger partial charge in [-0.3, -0.25) is 9.59 Å². The van der Waals surface area contributed by atoms with Crippen molar-refractivity contribution in [3.05, 3.63) is 35.9 Å². The van der Waals surface area contributed by atoms with E-state index in [4.69, 9.17) is 15.6 Å². The molecule has 0 aliphatic rings. The van der Waals surface area contributed by atoms with E-state index < -0.39 is 42.1 Å². The Balaban J connectivity index is 3.29. The van der Waals surface area contributed by atoms with Crippen LogP contribution in [0.5, 0.6) is 0 Å². The lowest BCUT2D eigenvalue weighted by atomic mass is 9.99. The average molecular weight is 364 g/mol. The minimum atomic E-state index is -1.33. The highest BCUT2D eigenvalue weighted by Crippen LogP contribution is 2.28. The SMILES string of the molecule is CCCC(c1ccccc1)N(C(=O)OC(C)(C)C)C(=O)[C@@H](N)CC(=O)O. The number of carboxylic acid groups (broad SMARTS) is 1. The van der Waals surface area contributed by atoms with Gasteiger partial charge in [-0.15, -0.1) is 0 Å². The van der Waals surface area contributed by atoms with Crippen molar-refractivity contribution in [3.63, 3.8) is 0 Å². The maximum absolute atomic E-state index is 12.8. The first-order valence-electron chi connectivity index (χ1n) is 8.65. The number of hydrogen-bond donors (Lipinski definition) is 2. The van der Waals surface area contributed by atoms with Gasteiger partial charge in [0.2, 0.25) is 5.91 Å². The number of imide groups is 1. The molecule has 0 aliphatic carbocycles. The molecule has 3 N–H and O–H groups in total. The summed E-state index contributed by atoms with van der Waals surface area (Å²) in [7, 11) is 0. The number of amides is 2. The summed E-state index contributed by atoms with van der Waals surface area (Å²) in [5.41, 5.74) is 5.71. The molecule has 0 spiro atoms. The minimum Gasteiger partial charge on any atom is -0.481 e. The third-order valence-corrected chi connectivity index (χ3v) is 3.60. The van der Waals surface area contributed by atoms with E-state index >= 15 is 0 Å². The molecule has 0 saturated heterocycles. The average Bonchev–Trinajstić information content (AvgIpc) is 2.52. The van der Waals surface area contributed by atoms with Gasteiger partial charge in [-0.25, -0.2) is 9.69 Å². The van der Waals surface area contributed by atoms with Crippen molar-refractivity contribution in [1.29, 1.82) is 0 Å². The molecule has 0 fully saturated rings. The topological polar surface area (TPSA) is 110 Å². The molecule has 7 heteroatoms. The van der Waals surface area contributed by atoms with Gasteiger partial charge in [0.05, 0.1) is 18.5 Å². The number of benzene rings is 1. The van der Waals surface area contributed by atoms with E-state index in [1.807, 2.05) is 37.3 Å². The van der Waals surface area contributed by atoms with Gasteiger partial charge < -0.3 is 15.6 Å². The second-order valence-corrected chi connectivity index (χ2v) is 7.11. The number of hydrogen-bond acceptors (Lipinski definition) is 5. The van der Waals surface area contributed by atoms with Crippen LogP contribution >= 0.6 is 0 Å². The Hall–Kier alpha value is -2.41. The second-order valence-electron chi connectivity index (χ2n) is 7.11. The Bertz CT molecular complexity index is 625. The van der Waals surface area contributed by atoms with Crippen LogP contribution in [0.1, 0.15) is 58.6 Å². The van der Waals surface area contributed by atoms with Crippen molar-refractivity contribution in [2.75, 3.05) is 0 Å². The smallest absolute Gasteiger partial charge is 0.417 e. The number of nitrogens with two attached hydrogens (primary N) is 1. The van der Waals surface area contributed by atoms with E-state index in [-0.39, 0.29) is 0 Å². The molecular formula is C19H28N2O5. The molecule has 0 saturated carbocycles. The summed E-state index contributed by atoms with van der Waals surface area (Å²) in [5.74, 6) is -1.97. The van der Waals surface area contributed by atoms with Crippen LogP contribution in [0, 0.1) is 0 Å². The van der Waals surface area contributed by atoms with Gasteiger partial charge in [-0.2, -0.15) is 0 Å². The minimum absolute atomic E-state index is 0.509. The largest absolute Gasteiger partial charge is 0.481 e. The summed E-state index contributed by atoms with van der Waals surface area (Å²) in [6.07, 6.45) is -0.174. The molecular weight excluding hydrogens is 336 g/mol. The Kier molecular flexibility index (Phi) is 7.76. The zero-order chi connectivity index (χ0) is 19.9. The van der Waals surface area contributed by atoms with Crippen LogP contribution in [0.4, 0.5) is 4.79 Å². The zero-order valence-electron chi connectivity index (χ0n) is 15.8. The first-order valence-corrected chi connectivity index (χ1v) is 8.65. The van der Waals surface area contributed by atoms with E-state index in [0.29, 0.717) is 12.8 Å². The van der Waals surface area contributed by atoms with Gasteiger partial charge in [-0.05, 0) is 32.8 Å². The van der Waals surface area contributed by atoms with Crippen molar-refractivity contribution in [2.24, 2.45) is 5.73 Å². The lowest BCUT2D eigenvalue weighted by Gasteiger charge is -2.33. The molecule has 0 heterocycles. The number of carbonyl (C=O) groups excluding carboxylic acids is 2. The van der Waals surface area contributed by atoms with E-state index in [1.54, 1.807) is 20.8 Å². The van der Waals surface area contributed by atoms with Crippen LogP contribution in [0.2, 0.25) is 0 Å². The molecule has 144 valence electrons. The molecule has 1 unspecified atom stereocenters. The number of carbonyl (C=O) groups is 3. The highest BCUT2D eigenvalue weighted by atomic mass is 16.6. The fraction of sp³-hybridized carbons (Fsp3) is 0.526. The van der Waals surface area contributed by atoms with Gasteiger partial charge in [-0.1, -0.05) is 43.7 Å². The summed E-state index contributed by atoms with van der Waals surface area (Å²) in [4.78, 5) is 37.5. The van der Waals surface area contributed by atoms with Crippen molar-refractivity contribution >= 4 is 18.0 Å². The maximum atomic E-state index is 12.8. The first kappa shape index (κ1) is 21.6. The monoisotopic (exact) mass is 364 g/mol. The Morgan fingerprint density at radius 2 is 1.77 bits per heavy atom. The quantitative estimate of drug-likeness (QED) is 0.769. The molecule has 0 aromatic heterocycles. The van der Waals surface area contributed by atoms with Crippen LogP contribution in [0.15, 0.2) is 30.3 Å². The van der Waals surface area contributed by atoms with Gasteiger partial charge in [0.25, 0.3) is 0 Å². The lowest BCUT2D eigenvalue weighted by Crippen LogP contribution is -2.50. The van der Waals surface area contributed by atoms with Gasteiger partial charge >= 0.3 is 12.1 Å². The molecule has 26 heavy (non-hydrogen) atoms. The van der Waals surface area contributed by atoms with Gasteiger partial charge in [0, 0.05) is 0 Å². The summed E-state index contributed by atoms with van der Waals surface area (Å²) in [6.45, 7) is 7.02. The molecule has 0 radical (unpaired) electrons. The molecule has 1 aromatic rings. The second kappa shape index (κ2) is 9.33. The van der Waals surface area contributed by atoms with E-state index in [2.05, 4.69) is 0 Å². The van der Waals surface area contributed by atoms with Gasteiger partial charge in [0.15, 0.2) is 0 Å². The molecule has 2 atom stereocenters. The molecule has 0 aliphatic heterocycles. The predicted octanol–water partition coefficient (Wildman–Crippen LogP) is 3.09. The summed E-state index contributed by atoms with van der Waals surface area (Å²) in [6, 6.07) is 7.18. The lowest BCUT2D eigenvalue weighted by molar-refractivity contribution is -0.142. The summed E-state index contributed by atoms with van der Waals surface area (Å²) < 4.78 is 5.39. The van der Waals surface area contributed by atoms with Crippen molar-refractivity contribution in [3.8, 4) is 0 Å². The van der Waals surface area contributed by atoms with E-state index in [9.17, 15) is 14.4 Å². The van der Waals surface area contributed by atoms with Gasteiger partial charge in [0.1, 0.15) is 5.60 Å². The maximum Gasteiger partial charge on any atom is 0.417 e. The Labute approximate surface area is 154 Å². The van der Waals surface area contributed by atoms with Crippen molar-refractivity contribution in [2.45, 2.75) is 64.6 Å². The third kappa shape index (κ3) is 6.48. The predicted molar refractivity (Wildman–Crippen MR) is 97.4 cm³/mol. The number of aliphatic carboxylic acids is 1. The number of ether oxygens (including phenoxy) is 1. The highest BCUT2D eigenvalue weighted by Gasteiger charge is 2.37. The summed E-state index contributed by atoms with van der Waals surface area (Å²) >= 11 is 0. The number of rotatable bonds is 7. The van der Waals surface area contributed by atoms with Crippen molar-refractivity contribution in [1.82, 2.24) is 4.90 Å². The van der Waals surface area contributed by atoms with Crippen LogP contribution in [0.3, 0.4) is 0 Å². The standard InChI is InChI=1S/C19H28N2O5/c1-5-9-15(13-10-7-6-8-11-13)21(18(25)26-19(2,3)4)17(24)14(20)12-16(22)23/h6-8,10-11,14-15H,5,9,12,20H2,1-4H3,(H,22,23)/t14-,15?/m0/s1. The van der Waals surface area contributed by atoms with Crippen LogP contribution in [-0.4, -0.2) is 39.6 Å². The fourth-order valence-corrected chi connectivity index (χ4v) is 2.53. The fourth-order valence-electron chi connectivity index (χ4n) is 2.53. The third-order valence-electron chi connectivity index (χ3n) is 3.60. The van der Waals surface area contributed by atoms with E-state index in [0.717, 1.165) is 10.5 Å². The van der Waals surface area contributed by atoms with Crippen LogP contribution in [-0.2, 0) is 14.3 Å². The Morgan fingerprint density at radius 1 is 1.19 bits per heavy atom.